The van der Waals surface area contributed by atoms with Crippen molar-refractivity contribution in [3.63, 3.8) is 0 Å². The molecular formula is C22H19F2N6NaO4S. The summed E-state index contributed by atoms with van der Waals surface area (Å²) in [6.45, 7) is 2.72. The van der Waals surface area contributed by atoms with Gasteiger partial charge in [0.2, 0.25) is 5.95 Å². The van der Waals surface area contributed by atoms with Crippen LogP contribution in [0.25, 0.3) is 4.72 Å². The number of halogens is 2. The normalized spacial score (nSPS) is 10.5. The molecule has 0 aliphatic carbocycles. The van der Waals surface area contributed by atoms with Crippen LogP contribution >= 0.6 is 0 Å². The van der Waals surface area contributed by atoms with Crippen LogP contribution in [0.3, 0.4) is 0 Å². The number of anilines is 4. The Morgan fingerprint density at radius 3 is 2.50 bits per heavy atom. The molecule has 0 saturated heterocycles. The first kappa shape index (κ1) is 28.9. The number of aryl methyl sites for hydroxylation is 1. The molecule has 14 heteroatoms. The van der Waals surface area contributed by atoms with Gasteiger partial charge in [0.1, 0.15) is 16.1 Å². The number of carbonyl (C=O) groups is 1. The maximum Gasteiger partial charge on any atom is 1.00 e. The van der Waals surface area contributed by atoms with Crippen molar-refractivity contribution in [1.29, 1.82) is 5.26 Å². The van der Waals surface area contributed by atoms with Crippen molar-refractivity contribution >= 4 is 39.1 Å². The van der Waals surface area contributed by atoms with E-state index in [-0.39, 0.29) is 76.4 Å². The number of aromatic nitrogens is 2. The molecule has 0 bridgehead atoms. The zero-order valence-electron chi connectivity index (χ0n) is 19.5. The Labute approximate surface area is 228 Å². The Morgan fingerprint density at radius 2 is 1.83 bits per heavy atom. The number of nitrogens with zero attached hydrogens (tertiary/aromatic N) is 4. The van der Waals surface area contributed by atoms with Gasteiger partial charge in [0.25, 0.3) is 0 Å². The molecule has 1 heterocycles. The Bertz CT molecular complexity index is 1420. The van der Waals surface area contributed by atoms with Crippen molar-refractivity contribution in [3.8, 4) is 11.8 Å². The molecule has 1 aromatic heterocycles. The van der Waals surface area contributed by atoms with Gasteiger partial charge in [0.05, 0.1) is 17.0 Å². The second-order valence-electron chi connectivity index (χ2n) is 7.03. The predicted octanol–water partition coefficient (Wildman–Crippen LogP) is 1.46. The molecule has 10 nitrogen and oxygen atoms in total. The van der Waals surface area contributed by atoms with Gasteiger partial charge in [-0.2, -0.15) is 10.2 Å². The van der Waals surface area contributed by atoms with E-state index in [0.29, 0.717) is 5.56 Å². The number of nitrogens with one attached hydrogen (secondary N) is 2. The zero-order chi connectivity index (χ0) is 25.6. The molecule has 0 aliphatic rings. The second kappa shape index (κ2) is 12.6. The van der Waals surface area contributed by atoms with E-state index in [1.165, 1.54) is 31.2 Å². The van der Waals surface area contributed by atoms with Crippen molar-refractivity contribution in [2.24, 2.45) is 0 Å². The molecule has 2 N–H and O–H groups in total. The molecule has 0 unspecified atom stereocenters. The Kier molecular flexibility index (Phi) is 10.1. The second-order valence-corrected chi connectivity index (χ2v) is 8.60. The van der Waals surface area contributed by atoms with Crippen LogP contribution < -0.4 is 44.9 Å². The van der Waals surface area contributed by atoms with E-state index in [9.17, 15) is 22.0 Å². The van der Waals surface area contributed by atoms with Gasteiger partial charge in [-0.1, -0.05) is 13.0 Å². The minimum Gasteiger partial charge on any atom is -0.542 e. The van der Waals surface area contributed by atoms with Gasteiger partial charge in [-0.15, -0.1) is 0 Å². The summed E-state index contributed by atoms with van der Waals surface area (Å²) in [4.78, 5) is 19.2. The third-order valence-electron chi connectivity index (χ3n) is 4.48. The summed E-state index contributed by atoms with van der Waals surface area (Å²) < 4.78 is 61.5. The summed E-state index contributed by atoms with van der Waals surface area (Å²) in [5.41, 5.74) is 0.770. The fourth-order valence-electron chi connectivity index (χ4n) is 2.79. The number of ether oxygens (including phenoxy) is 1. The van der Waals surface area contributed by atoms with E-state index in [4.69, 9.17) is 10.00 Å². The van der Waals surface area contributed by atoms with Crippen LogP contribution in [0.2, 0.25) is 0 Å². The van der Waals surface area contributed by atoms with Crippen LogP contribution in [0, 0.1) is 29.9 Å². The summed E-state index contributed by atoms with van der Waals surface area (Å²) in [5.74, 6) is -2.88. The number of amides is 1. The largest absolute Gasteiger partial charge is 1.00 e. The molecule has 0 saturated carbocycles. The average Bonchev–Trinajstić information content (AvgIpc) is 2.81. The molecule has 0 radical (unpaired) electrons. The fourth-order valence-corrected chi connectivity index (χ4v) is 4.04. The number of benzene rings is 2. The SMILES string of the molecule is CCC(=O)[N-]S(=O)(=O)c1cc(Nc2ncc(F)c(Nc3ccc(OCC#N)c(F)c3)n2)ccc1C.[Na+]. The molecule has 3 rings (SSSR count). The molecule has 2 aromatic carbocycles. The topological polar surface area (TPSA) is 148 Å². The van der Waals surface area contributed by atoms with Crippen LogP contribution in [-0.2, 0) is 14.8 Å². The third-order valence-corrected chi connectivity index (χ3v) is 5.92. The first-order chi connectivity index (χ1) is 16.6. The van der Waals surface area contributed by atoms with Gasteiger partial charge in [0.15, 0.2) is 29.8 Å². The van der Waals surface area contributed by atoms with Gasteiger partial charge in [-0.25, -0.2) is 22.2 Å². The van der Waals surface area contributed by atoms with E-state index < -0.39 is 27.6 Å². The molecule has 0 atom stereocenters. The summed E-state index contributed by atoms with van der Waals surface area (Å²) in [7, 11) is -4.23. The third kappa shape index (κ3) is 7.34. The zero-order valence-corrected chi connectivity index (χ0v) is 22.4. The number of sulfonamides is 1. The monoisotopic (exact) mass is 524 g/mol. The molecule has 1 amide bonds. The first-order valence-corrected chi connectivity index (χ1v) is 11.5. The average molecular weight is 524 g/mol. The van der Waals surface area contributed by atoms with Crippen LogP contribution in [0.1, 0.15) is 18.9 Å². The Hall–Kier alpha value is -3.31. The molecular weight excluding hydrogens is 505 g/mol. The van der Waals surface area contributed by atoms with Crippen LogP contribution in [0.4, 0.5) is 31.9 Å². The first-order valence-electron chi connectivity index (χ1n) is 10.1. The minimum absolute atomic E-state index is 0. The Morgan fingerprint density at radius 1 is 1.14 bits per heavy atom. The van der Waals surface area contributed by atoms with E-state index in [2.05, 4.69) is 25.3 Å². The van der Waals surface area contributed by atoms with E-state index in [1.54, 1.807) is 19.1 Å². The van der Waals surface area contributed by atoms with Crippen LogP contribution in [0.15, 0.2) is 47.5 Å². The molecule has 0 spiro atoms. The standard InChI is InChI=1S/C22H20F2N6O4S.Na/c1-3-20(31)30-35(32,33)19-11-15(5-4-13(19)2)28-22-26-12-17(24)21(29-22)27-14-6-7-18(16(23)10-14)34-9-8-25;/h4-7,10-12H,3,9H2,1-2H3,(H3,26,27,28,29,30,31);/q;+1/p-1. The van der Waals surface area contributed by atoms with Crippen LogP contribution in [-0.4, -0.2) is 30.9 Å². The summed E-state index contributed by atoms with van der Waals surface area (Å²) in [5, 5.41) is 13.9. The van der Waals surface area contributed by atoms with Gasteiger partial charge in [-0.05, 0) is 43.2 Å². The summed E-state index contributed by atoms with van der Waals surface area (Å²) in [6.07, 6.45) is 0.814. The van der Waals surface area contributed by atoms with Gasteiger partial charge < -0.3 is 24.9 Å². The van der Waals surface area contributed by atoms with E-state index >= 15 is 0 Å². The van der Waals surface area contributed by atoms with Crippen molar-refractivity contribution in [2.75, 3.05) is 17.2 Å². The van der Waals surface area contributed by atoms with Crippen molar-refractivity contribution in [2.45, 2.75) is 25.2 Å². The number of rotatable bonds is 9. The van der Waals surface area contributed by atoms with E-state index in [1.807, 2.05) is 0 Å². The number of nitriles is 1. The number of hydrogen-bond donors (Lipinski definition) is 2. The molecule has 0 fully saturated rings. The molecule has 36 heavy (non-hydrogen) atoms. The quantitative estimate of drug-likeness (QED) is 0.397. The number of carbonyl (C=O) groups excluding carboxylic acids is 1. The minimum atomic E-state index is -4.23. The van der Waals surface area contributed by atoms with Crippen molar-refractivity contribution in [3.05, 3.63) is 64.5 Å². The fraction of sp³-hybridized carbons (Fsp3) is 0.182. The van der Waals surface area contributed by atoms with E-state index in [0.717, 1.165) is 12.3 Å². The smallest absolute Gasteiger partial charge is 0.542 e. The Balaban J connectivity index is 0.00000456. The molecule has 0 aliphatic heterocycles. The summed E-state index contributed by atoms with van der Waals surface area (Å²) in [6, 6.07) is 9.75. The van der Waals surface area contributed by atoms with Gasteiger partial charge in [-0.3, -0.25) is 0 Å². The summed E-state index contributed by atoms with van der Waals surface area (Å²) >= 11 is 0. The van der Waals surface area contributed by atoms with Crippen molar-refractivity contribution in [1.82, 2.24) is 9.97 Å². The molecule has 182 valence electrons. The van der Waals surface area contributed by atoms with Crippen molar-refractivity contribution < 1.29 is 56.3 Å². The van der Waals surface area contributed by atoms with Gasteiger partial charge >= 0.3 is 29.6 Å². The van der Waals surface area contributed by atoms with Crippen LogP contribution in [0.5, 0.6) is 5.75 Å². The molecule has 3 aromatic rings. The predicted molar refractivity (Wildman–Crippen MR) is 123 cm³/mol. The van der Waals surface area contributed by atoms with Gasteiger partial charge in [0, 0.05) is 17.4 Å². The number of hydrogen-bond acceptors (Lipinski definition) is 9. The maximum atomic E-state index is 14.3. The maximum absolute atomic E-state index is 14.3.